The van der Waals surface area contributed by atoms with Gasteiger partial charge < -0.3 is 0 Å². The molecule has 0 unspecified atom stereocenters. The number of rotatable bonds is 6. The Hall–Kier alpha value is -0.720. The van der Waals surface area contributed by atoms with E-state index in [1.165, 1.54) is 5.56 Å². The Morgan fingerprint density at radius 1 is 0.783 bits per heavy atom. The van der Waals surface area contributed by atoms with Crippen LogP contribution >= 0.6 is 58.1 Å². The average molecular weight is 399 g/mol. The van der Waals surface area contributed by atoms with Gasteiger partial charge in [-0.15, -0.1) is 10.2 Å². The maximum Gasteiger partial charge on any atom is 0.175 e. The molecule has 0 bridgehead atoms. The molecule has 0 radical (unpaired) electrons. The molecule has 0 saturated carbocycles. The van der Waals surface area contributed by atoms with Gasteiger partial charge in [-0.1, -0.05) is 94.5 Å². The largest absolute Gasteiger partial charge is 0.175 e. The number of nitrogens with zero attached hydrogens (tertiary/aromatic N) is 2. The van der Waals surface area contributed by atoms with Crippen molar-refractivity contribution in [2.24, 2.45) is 0 Å². The van der Waals surface area contributed by atoms with Crippen LogP contribution in [0, 0.1) is 0 Å². The quantitative estimate of drug-likeness (QED) is 0.446. The molecule has 0 spiro atoms. The summed E-state index contributed by atoms with van der Waals surface area (Å²) in [5.74, 6) is 1.59. The molecule has 118 valence electrons. The van der Waals surface area contributed by atoms with Crippen molar-refractivity contribution >= 4 is 58.1 Å². The molecule has 23 heavy (non-hydrogen) atoms. The molecule has 0 N–H and O–H groups in total. The zero-order valence-corrected chi connectivity index (χ0v) is 15.9. The normalized spacial score (nSPS) is 10.9. The van der Waals surface area contributed by atoms with Crippen LogP contribution in [0.25, 0.3) is 0 Å². The third-order valence-electron chi connectivity index (χ3n) is 2.99. The van der Waals surface area contributed by atoms with Crippen LogP contribution in [0.2, 0.25) is 10.0 Å². The van der Waals surface area contributed by atoms with Gasteiger partial charge in [-0.3, -0.25) is 0 Å². The minimum Gasteiger partial charge on any atom is -0.131 e. The molecule has 1 aromatic heterocycles. The number of hydrogen-bond acceptors (Lipinski definition) is 5. The van der Waals surface area contributed by atoms with Crippen LogP contribution < -0.4 is 0 Å². The smallest absolute Gasteiger partial charge is 0.131 e. The maximum atomic E-state index is 6.18. The zero-order valence-electron chi connectivity index (χ0n) is 11.9. The van der Waals surface area contributed by atoms with Crippen molar-refractivity contribution in [3.8, 4) is 0 Å². The molecule has 0 fully saturated rings. The van der Waals surface area contributed by atoms with Crippen LogP contribution in [-0.2, 0) is 11.5 Å². The SMILES string of the molecule is Clc1cccc(Cl)c1CSc1nnc(SCc2ccccc2)s1. The standard InChI is InChI=1S/C16H12Cl2N2S3/c17-13-7-4-8-14(18)12(13)10-22-16-20-19-15(23-16)21-9-11-5-2-1-3-6-11/h1-8H,9-10H2. The summed E-state index contributed by atoms with van der Waals surface area (Å²) >= 11 is 17.3. The molecular weight excluding hydrogens is 387 g/mol. The second kappa shape index (κ2) is 8.40. The van der Waals surface area contributed by atoms with Crippen LogP contribution in [0.15, 0.2) is 57.2 Å². The Bertz CT molecular complexity index is 758. The Kier molecular flexibility index (Phi) is 6.25. The second-order valence-corrected chi connectivity index (χ2v) is 8.83. The summed E-state index contributed by atoms with van der Waals surface area (Å²) in [6, 6.07) is 15.9. The number of halogens is 2. The van der Waals surface area contributed by atoms with Crippen LogP contribution in [0.5, 0.6) is 0 Å². The van der Waals surface area contributed by atoms with Crippen LogP contribution in [0.1, 0.15) is 11.1 Å². The van der Waals surface area contributed by atoms with Gasteiger partial charge in [0.05, 0.1) is 0 Å². The van der Waals surface area contributed by atoms with E-state index in [1.807, 2.05) is 36.4 Å². The summed E-state index contributed by atoms with van der Waals surface area (Å²) in [5.41, 5.74) is 2.22. The number of aromatic nitrogens is 2. The van der Waals surface area contributed by atoms with Crippen molar-refractivity contribution in [3.63, 3.8) is 0 Å². The first kappa shape index (κ1) is 17.1. The highest BCUT2D eigenvalue weighted by Crippen LogP contribution is 2.35. The summed E-state index contributed by atoms with van der Waals surface area (Å²) in [4.78, 5) is 0. The molecule has 7 heteroatoms. The van der Waals surface area contributed by atoms with E-state index in [-0.39, 0.29) is 0 Å². The zero-order chi connectivity index (χ0) is 16.1. The molecule has 3 aromatic rings. The summed E-state index contributed by atoms with van der Waals surface area (Å²) in [6.07, 6.45) is 0. The third-order valence-corrected chi connectivity index (χ3v) is 6.99. The first-order valence-corrected chi connectivity index (χ1v) is 10.3. The van der Waals surface area contributed by atoms with E-state index in [0.29, 0.717) is 15.8 Å². The highest BCUT2D eigenvalue weighted by atomic mass is 35.5. The van der Waals surface area contributed by atoms with E-state index in [1.54, 1.807) is 34.9 Å². The summed E-state index contributed by atoms with van der Waals surface area (Å²) in [7, 11) is 0. The highest BCUT2D eigenvalue weighted by Gasteiger charge is 2.10. The van der Waals surface area contributed by atoms with Gasteiger partial charge in [-0.05, 0) is 23.3 Å². The van der Waals surface area contributed by atoms with Gasteiger partial charge in [0.25, 0.3) is 0 Å². The van der Waals surface area contributed by atoms with Gasteiger partial charge in [-0.2, -0.15) is 0 Å². The molecule has 0 saturated heterocycles. The van der Waals surface area contributed by atoms with E-state index in [9.17, 15) is 0 Å². The van der Waals surface area contributed by atoms with Crippen molar-refractivity contribution in [2.45, 2.75) is 20.2 Å². The summed E-state index contributed by atoms with van der Waals surface area (Å²) in [5, 5.41) is 9.84. The summed E-state index contributed by atoms with van der Waals surface area (Å²) < 4.78 is 1.90. The second-order valence-electron chi connectivity index (χ2n) is 4.60. The first-order valence-electron chi connectivity index (χ1n) is 6.78. The van der Waals surface area contributed by atoms with Crippen LogP contribution in [-0.4, -0.2) is 10.2 Å². The minimum atomic E-state index is 0.688. The lowest BCUT2D eigenvalue weighted by Crippen LogP contribution is -1.84. The lowest BCUT2D eigenvalue weighted by Gasteiger charge is -2.04. The van der Waals surface area contributed by atoms with E-state index in [2.05, 4.69) is 22.3 Å². The molecule has 0 atom stereocenters. The minimum absolute atomic E-state index is 0.688. The molecule has 0 aliphatic carbocycles. The van der Waals surface area contributed by atoms with Crippen molar-refractivity contribution in [1.29, 1.82) is 0 Å². The topological polar surface area (TPSA) is 25.8 Å². The lowest BCUT2D eigenvalue weighted by molar-refractivity contribution is 0.954. The van der Waals surface area contributed by atoms with Crippen LogP contribution in [0.3, 0.4) is 0 Å². The van der Waals surface area contributed by atoms with Crippen LogP contribution in [0.4, 0.5) is 0 Å². The fourth-order valence-electron chi connectivity index (χ4n) is 1.84. The van der Waals surface area contributed by atoms with E-state index < -0.39 is 0 Å². The van der Waals surface area contributed by atoms with Gasteiger partial charge in [-0.25, -0.2) is 0 Å². The monoisotopic (exact) mass is 398 g/mol. The number of thioether (sulfide) groups is 2. The fraction of sp³-hybridized carbons (Fsp3) is 0.125. The predicted molar refractivity (Wildman–Crippen MR) is 102 cm³/mol. The van der Waals surface area contributed by atoms with E-state index in [4.69, 9.17) is 23.2 Å². The predicted octanol–water partition coefficient (Wildman–Crippen LogP) is 6.43. The van der Waals surface area contributed by atoms with Gasteiger partial charge in [0.2, 0.25) is 0 Å². The Morgan fingerprint density at radius 3 is 2.04 bits per heavy atom. The van der Waals surface area contributed by atoms with Crippen molar-refractivity contribution in [2.75, 3.05) is 0 Å². The lowest BCUT2D eigenvalue weighted by atomic mass is 10.2. The number of benzene rings is 2. The van der Waals surface area contributed by atoms with E-state index in [0.717, 1.165) is 20.0 Å². The van der Waals surface area contributed by atoms with E-state index >= 15 is 0 Å². The molecule has 2 nitrogen and oxygen atoms in total. The summed E-state index contributed by atoms with van der Waals surface area (Å²) in [6.45, 7) is 0. The van der Waals surface area contributed by atoms with Gasteiger partial charge in [0.15, 0.2) is 8.68 Å². The molecule has 0 aliphatic heterocycles. The molecule has 2 aromatic carbocycles. The fourth-order valence-corrected chi connectivity index (χ4v) is 5.55. The Balaban J connectivity index is 1.57. The first-order chi connectivity index (χ1) is 11.2. The molecule has 0 aliphatic rings. The average Bonchev–Trinajstić information content (AvgIpc) is 3.01. The highest BCUT2D eigenvalue weighted by molar-refractivity contribution is 8.02. The van der Waals surface area contributed by atoms with Crippen molar-refractivity contribution < 1.29 is 0 Å². The number of hydrogen-bond donors (Lipinski definition) is 0. The maximum absolute atomic E-state index is 6.18. The van der Waals surface area contributed by atoms with Gasteiger partial charge >= 0.3 is 0 Å². The van der Waals surface area contributed by atoms with Gasteiger partial charge in [0.1, 0.15) is 0 Å². The van der Waals surface area contributed by atoms with Gasteiger partial charge in [0, 0.05) is 21.6 Å². The molecule has 0 amide bonds. The van der Waals surface area contributed by atoms with Crippen molar-refractivity contribution in [3.05, 3.63) is 69.7 Å². The third kappa shape index (κ3) is 4.88. The van der Waals surface area contributed by atoms with Crippen molar-refractivity contribution in [1.82, 2.24) is 10.2 Å². The molecule has 3 rings (SSSR count). The Labute approximate surface area is 157 Å². The molecular formula is C16H12Cl2N2S3. The Morgan fingerprint density at radius 2 is 1.39 bits per heavy atom. The molecule has 1 heterocycles.